The van der Waals surface area contributed by atoms with Crippen molar-refractivity contribution >= 4 is 60.3 Å². The molecule has 62 heavy (non-hydrogen) atoms. The number of aromatic nitrogens is 5. The Hall–Kier alpha value is -8.15. The zero-order chi connectivity index (χ0) is 40.7. The SMILES string of the molecule is C1=CC2C=Cc3c(c4ccc5c(c6ccccc6n5-c5ccccc5)c4n3-c3ccc(-c4nc(-c5ccccc5)nc(-c5ccc6ccccc6c5)n4)c4ccccc34)C2C=C1. The van der Waals surface area contributed by atoms with E-state index in [-0.39, 0.29) is 5.92 Å². The molecule has 0 saturated heterocycles. The Kier molecular flexibility index (Phi) is 7.66. The number of allylic oxidation sites excluding steroid dienone is 5. The van der Waals surface area contributed by atoms with Crippen LogP contribution in [-0.4, -0.2) is 24.1 Å². The first-order valence-corrected chi connectivity index (χ1v) is 21.3. The van der Waals surface area contributed by atoms with E-state index in [1.54, 1.807) is 0 Å². The maximum atomic E-state index is 5.26. The summed E-state index contributed by atoms with van der Waals surface area (Å²) in [6, 6.07) is 62.6. The molecule has 0 amide bonds. The van der Waals surface area contributed by atoms with Crippen LogP contribution in [0.2, 0.25) is 0 Å². The minimum Gasteiger partial charge on any atom is -0.309 e. The van der Waals surface area contributed by atoms with Crippen LogP contribution in [0.15, 0.2) is 206 Å². The molecule has 0 aliphatic heterocycles. The van der Waals surface area contributed by atoms with Crippen LogP contribution in [0.3, 0.4) is 0 Å². The number of hydrogen-bond donors (Lipinski definition) is 0. The molecule has 0 saturated carbocycles. The predicted molar refractivity (Wildman–Crippen MR) is 256 cm³/mol. The zero-order valence-corrected chi connectivity index (χ0v) is 33.6. The first-order chi connectivity index (χ1) is 30.8. The molecule has 13 rings (SSSR count). The molecule has 5 nitrogen and oxygen atoms in total. The third kappa shape index (κ3) is 5.25. The summed E-state index contributed by atoms with van der Waals surface area (Å²) in [5.74, 6) is 2.45. The highest BCUT2D eigenvalue weighted by Gasteiger charge is 2.32. The first kappa shape index (κ1) is 34.7. The Morgan fingerprint density at radius 3 is 1.98 bits per heavy atom. The molecule has 3 heterocycles. The van der Waals surface area contributed by atoms with E-state index >= 15 is 0 Å². The van der Waals surface area contributed by atoms with Crippen LogP contribution in [0.4, 0.5) is 0 Å². The first-order valence-electron chi connectivity index (χ1n) is 21.3. The van der Waals surface area contributed by atoms with Gasteiger partial charge in [0.25, 0.3) is 0 Å². The molecule has 2 aliphatic carbocycles. The highest BCUT2D eigenvalue weighted by Crippen LogP contribution is 2.49. The fourth-order valence-electron chi connectivity index (χ4n) is 10.1. The van der Waals surface area contributed by atoms with Gasteiger partial charge in [0, 0.05) is 55.8 Å². The Bertz CT molecular complexity index is 3700. The minimum absolute atomic E-state index is 0.226. The molecule has 290 valence electrons. The molecule has 11 aromatic rings. The van der Waals surface area contributed by atoms with Gasteiger partial charge in [0.05, 0.1) is 27.9 Å². The molecule has 5 heteroatoms. The van der Waals surface area contributed by atoms with Gasteiger partial charge >= 0.3 is 0 Å². The van der Waals surface area contributed by atoms with Crippen molar-refractivity contribution in [1.29, 1.82) is 0 Å². The Balaban J connectivity index is 1.10. The number of benzene rings is 8. The summed E-state index contributed by atoms with van der Waals surface area (Å²) in [7, 11) is 0. The van der Waals surface area contributed by atoms with E-state index in [0.29, 0.717) is 23.4 Å². The maximum absolute atomic E-state index is 5.26. The highest BCUT2D eigenvalue weighted by atomic mass is 15.0. The summed E-state index contributed by atoms with van der Waals surface area (Å²) >= 11 is 0. The fraction of sp³-hybridized carbons (Fsp3) is 0.0351. The van der Waals surface area contributed by atoms with Crippen LogP contribution in [-0.2, 0) is 0 Å². The van der Waals surface area contributed by atoms with Gasteiger partial charge in [0.15, 0.2) is 17.5 Å². The van der Waals surface area contributed by atoms with Crippen LogP contribution < -0.4 is 0 Å². The van der Waals surface area contributed by atoms with E-state index in [1.807, 2.05) is 18.2 Å². The highest BCUT2D eigenvalue weighted by molar-refractivity contribution is 6.22. The van der Waals surface area contributed by atoms with Crippen molar-refractivity contribution in [3.8, 4) is 45.5 Å². The minimum atomic E-state index is 0.226. The zero-order valence-electron chi connectivity index (χ0n) is 33.6. The fourth-order valence-corrected chi connectivity index (χ4v) is 10.1. The Labute approximate surface area is 357 Å². The molecular weight excluding hydrogens is 755 g/mol. The van der Waals surface area contributed by atoms with Crippen molar-refractivity contribution in [3.63, 3.8) is 0 Å². The van der Waals surface area contributed by atoms with E-state index in [4.69, 9.17) is 15.0 Å². The predicted octanol–water partition coefficient (Wildman–Crippen LogP) is 14.1. The lowest BCUT2D eigenvalue weighted by Gasteiger charge is -2.26. The van der Waals surface area contributed by atoms with Crippen LogP contribution in [0.5, 0.6) is 0 Å². The Morgan fingerprint density at radius 1 is 0.435 bits per heavy atom. The van der Waals surface area contributed by atoms with Gasteiger partial charge in [-0.2, -0.15) is 0 Å². The van der Waals surface area contributed by atoms with Crippen molar-refractivity contribution in [2.75, 3.05) is 0 Å². The molecule has 0 N–H and O–H groups in total. The number of nitrogens with zero attached hydrogens (tertiary/aromatic N) is 5. The standard InChI is InChI=1S/C57H37N5/c1-3-17-38(18-4-1)55-58-56(40-28-27-36-15-7-8-19-39(36)35-40)60-57(59-55)45-30-33-49(44-24-12-11-23-43(44)45)62-50-32-29-37-16-9-10-22-42(37)52(50)47-31-34-51-53(54(47)62)46-25-13-14-26-48(46)61(51)41-20-5-2-6-21-41/h1-35,37,42H. The van der Waals surface area contributed by atoms with Crippen molar-refractivity contribution in [3.05, 3.63) is 218 Å². The van der Waals surface area contributed by atoms with Gasteiger partial charge in [0.2, 0.25) is 0 Å². The molecule has 0 spiro atoms. The van der Waals surface area contributed by atoms with Crippen molar-refractivity contribution in [1.82, 2.24) is 24.1 Å². The van der Waals surface area contributed by atoms with Crippen LogP contribution >= 0.6 is 0 Å². The van der Waals surface area contributed by atoms with Crippen molar-refractivity contribution in [2.45, 2.75) is 5.92 Å². The van der Waals surface area contributed by atoms with Crippen LogP contribution in [0, 0.1) is 5.92 Å². The van der Waals surface area contributed by atoms with E-state index in [9.17, 15) is 0 Å². The quantitative estimate of drug-likeness (QED) is 0.174. The molecular formula is C57H37N5. The lowest BCUT2D eigenvalue weighted by Crippen LogP contribution is -2.14. The molecule has 0 radical (unpaired) electrons. The van der Waals surface area contributed by atoms with Gasteiger partial charge in [-0.05, 0) is 70.3 Å². The van der Waals surface area contributed by atoms with Gasteiger partial charge < -0.3 is 9.13 Å². The lowest BCUT2D eigenvalue weighted by atomic mass is 9.78. The molecule has 3 aromatic heterocycles. The summed E-state index contributed by atoms with van der Waals surface area (Å²) in [6.45, 7) is 0. The molecule has 2 atom stereocenters. The average molecular weight is 792 g/mol. The summed E-state index contributed by atoms with van der Waals surface area (Å²) < 4.78 is 4.96. The second-order valence-electron chi connectivity index (χ2n) is 16.3. The van der Waals surface area contributed by atoms with Crippen LogP contribution in [0.1, 0.15) is 17.2 Å². The second-order valence-corrected chi connectivity index (χ2v) is 16.3. The van der Waals surface area contributed by atoms with Gasteiger partial charge in [-0.1, -0.05) is 164 Å². The largest absolute Gasteiger partial charge is 0.309 e. The van der Waals surface area contributed by atoms with E-state index in [1.165, 1.54) is 49.4 Å². The van der Waals surface area contributed by atoms with E-state index in [0.717, 1.165) is 44.2 Å². The summed E-state index contributed by atoms with van der Waals surface area (Å²) in [5.41, 5.74) is 11.3. The van der Waals surface area contributed by atoms with Gasteiger partial charge in [-0.3, -0.25) is 0 Å². The third-order valence-corrected chi connectivity index (χ3v) is 12.9. The van der Waals surface area contributed by atoms with Crippen LogP contribution in [0.25, 0.3) is 106 Å². The second kappa shape index (κ2) is 13.7. The van der Waals surface area contributed by atoms with Gasteiger partial charge in [-0.15, -0.1) is 0 Å². The number of para-hydroxylation sites is 2. The van der Waals surface area contributed by atoms with E-state index in [2.05, 4.69) is 203 Å². The van der Waals surface area contributed by atoms with Gasteiger partial charge in [0.1, 0.15) is 0 Å². The number of hydrogen-bond acceptors (Lipinski definition) is 3. The molecule has 8 aromatic carbocycles. The molecule has 2 aliphatic rings. The third-order valence-electron chi connectivity index (χ3n) is 12.9. The smallest absolute Gasteiger partial charge is 0.164 e. The lowest BCUT2D eigenvalue weighted by molar-refractivity contribution is 0.693. The van der Waals surface area contributed by atoms with E-state index < -0.39 is 0 Å². The van der Waals surface area contributed by atoms with Crippen molar-refractivity contribution < 1.29 is 0 Å². The number of rotatable bonds is 5. The van der Waals surface area contributed by atoms with Crippen molar-refractivity contribution in [2.24, 2.45) is 5.92 Å². The Morgan fingerprint density at radius 2 is 1.13 bits per heavy atom. The summed E-state index contributed by atoms with van der Waals surface area (Å²) in [6.07, 6.45) is 13.9. The molecule has 2 unspecified atom stereocenters. The topological polar surface area (TPSA) is 48.5 Å². The summed E-state index contributed by atoms with van der Waals surface area (Å²) in [5, 5.41) is 8.28. The normalized spacial score (nSPS) is 15.5. The maximum Gasteiger partial charge on any atom is 0.164 e. The van der Waals surface area contributed by atoms with Gasteiger partial charge in [-0.25, -0.2) is 15.0 Å². The average Bonchev–Trinajstić information content (AvgIpc) is 3.87. The number of fused-ring (bicyclic) bond motifs is 11. The monoisotopic (exact) mass is 791 g/mol. The summed E-state index contributed by atoms with van der Waals surface area (Å²) in [4.78, 5) is 15.6. The molecule has 0 bridgehead atoms. The molecule has 0 fully saturated rings.